The molecule has 0 spiro atoms. The summed E-state index contributed by atoms with van der Waals surface area (Å²) in [6, 6.07) is 6.42. The van der Waals surface area contributed by atoms with Crippen LogP contribution in [0.25, 0.3) is 0 Å². The van der Waals surface area contributed by atoms with Crippen LogP contribution >= 0.6 is 0 Å². The first-order chi connectivity index (χ1) is 7.07. The molecule has 1 atom stereocenters. The maximum absolute atomic E-state index is 10.3. The van der Waals surface area contributed by atoms with Gasteiger partial charge in [0.05, 0.1) is 0 Å². The van der Waals surface area contributed by atoms with Gasteiger partial charge in [-0.25, -0.2) is 0 Å². The zero-order valence-electron chi connectivity index (χ0n) is 9.46. The Kier molecular flexibility index (Phi) is 2.57. The van der Waals surface area contributed by atoms with E-state index in [0.29, 0.717) is 12.5 Å². The summed E-state index contributed by atoms with van der Waals surface area (Å²) in [4.78, 5) is 0. The number of aryl methyl sites for hydroxylation is 1. The van der Waals surface area contributed by atoms with Gasteiger partial charge in [0.1, 0.15) is 5.60 Å². The molecule has 2 heteroatoms. The van der Waals surface area contributed by atoms with E-state index >= 15 is 0 Å². The number of benzene rings is 1. The Bertz CT molecular complexity index is 373. The first-order valence-electron chi connectivity index (χ1n) is 5.62. The molecule has 0 bridgehead atoms. The van der Waals surface area contributed by atoms with E-state index in [0.717, 1.165) is 18.4 Å². The third-order valence-electron chi connectivity index (χ3n) is 3.45. The Balaban J connectivity index is 2.47. The SMILES string of the molecule is CC(C)c1ccc2c(c1)C(O)(CN)CC2. The number of hydrogen-bond donors (Lipinski definition) is 2. The van der Waals surface area contributed by atoms with E-state index in [1.165, 1.54) is 11.1 Å². The Morgan fingerprint density at radius 2 is 2.20 bits per heavy atom. The van der Waals surface area contributed by atoms with Crippen molar-refractivity contribution in [3.8, 4) is 0 Å². The lowest BCUT2D eigenvalue weighted by Gasteiger charge is -2.22. The average Bonchev–Trinajstić information content (AvgIpc) is 2.57. The van der Waals surface area contributed by atoms with Gasteiger partial charge in [-0.2, -0.15) is 0 Å². The van der Waals surface area contributed by atoms with Gasteiger partial charge >= 0.3 is 0 Å². The summed E-state index contributed by atoms with van der Waals surface area (Å²) < 4.78 is 0. The summed E-state index contributed by atoms with van der Waals surface area (Å²) in [6.07, 6.45) is 1.71. The lowest BCUT2D eigenvalue weighted by atomic mass is 9.92. The van der Waals surface area contributed by atoms with Crippen molar-refractivity contribution in [2.75, 3.05) is 6.54 Å². The highest BCUT2D eigenvalue weighted by atomic mass is 16.3. The molecule has 2 rings (SSSR count). The van der Waals surface area contributed by atoms with Crippen LogP contribution in [0.1, 0.15) is 42.9 Å². The maximum Gasteiger partial charge on any atom is 0.102 e. The van der Waals surface area contributed by atoms with E-state index in [1.807, 2.05) is 0 Å². The molecule has 0 radical (unpaired) electrons. The Morgan fingerprint density at radius 3 is 2.80 bits per heavy atom. The van der Waals surface area contributed by atoms with Gasteiger partial charge in [-0.1, -0.05) is 32.0 Å². The Hall–Kier alpha value is -0.860. The highest BCUT2D eigenvalue weighted by Gasteiger charge is 2.35. The van der Waals surface area contributed by atoms with Gasteiger partial charge in [0, 0.05) is 6.54 Å². The van der Waals surface area contributed by atoms with E-state index < -0.39 is 5.60 Å². The van der Waals surface area contributed by atoms with Crippen LogP contribution in [0.15, 0.2) is 18.2 Å². The molecule has 1 aromatic rings. The standard InChI is InChI=1S/C13H19NO/c1-9(2)11-4-3-10-5-6-13(15,8-14)12(10)7-11/h3-4,7,9,15H,5-6,8,14H2,1-2H3. The number of nitrogens with two attached hydrogens (primary N) is 1. The van der Waals surface area contributed by atoms with Crippen molar-refractivity contribution in [2.24, 2.45) is 5.73 Å². The predicted molar refractivity (Wildman–Crippen MR) is 61.8 cm³/mol. The smallest absolute Gasteiger partial charge is 0.102 e. The molecule has 2 nitrogen and oxygen atoms in total. The molecule has 82 valence electrons. The maximum atomic E-state index is 10.3. The summed E-state index contributed by atoms with van der Waals surface area (Å²) in [7, 11) is 0. The van der Waals surface area contributed by atoms with Crippen LogP contribution in [0.4, 0.5) is 0 Å². The Labute approximate surface area is 91.1 Å². The van der Waals surface area contributed by atoms with Crippen molar-refractivity contribution >= 4 is 0 Å². The zero-order valence-corrected chi connectivity index (χ0v) is 9.46. The quantitative estimate of drug-likeness (QED) is 0.774. The monoisotopic (exact) mass is 205 g/mol. The topological polar surface area (TPSA) is 46.2 Å². The molecule has 0 saturated carbocycles. The molecule has 1 aliphatic rings. The van der Waals surface area contributed by atoms with Crippen LogP contribution in [0, 0.1) is 0 Å². The van der Waals surface area contributed by atoms with Crippen LogP contribution in [-0.4, -0.2) is 11.7 Å². The van der Waals surface area contributed by atoms with E-state index in [4.69, 9.17) is 5.73 Å². The Morgan fingerprint density at radius 1 is 1.47 bits per heavy atom. The van der Waals surface area contributed by atoms with Gasteiger partial charge in [0.2, 0.25) is 0 Å². The molecule has 0 amide bonds. The second-order valence-corrected chi connectivity index (χ2v) is 4.81. The van der Waals surface area contributed by atoms with Crippen LogP contribution in [0.3, 0.4) is 0 Å². The van der Waals surface area contributed by atoms with Crippen molar-refractivity contribution in [2.45, 2.75) is 38.2 Å². The summed E-state index contributed by atoms with van der Waals surface area (Å²) in [6.45, 7) is 4.65. The van der Waals surface area contributed by atoms with Gasteiger partial charge in [0.25, 0.3) is 0 Å². The zero-order chi connectivity index (χ0) is 11.1. The van der Waals surface area contributed by atoms with Crippen molar-refractivity contribution in [3.05, 3.63) is 34.9 Å². The van der Waals surface area contributed by atoms with Gasteiger partial charge in [-0.05, 0) is 35.4 Å². The minimum Gasteiger partial charge on any atom is -0.384 e. The third-order valence-corrected chi connectivity index (χ3v) is 3.45. The van der Waals surface area contributed by atoms with E-state index in [1.54, 1.807) is 0 Å². The molecular formula is C13H19NO. The highest BCUT2D eigenvalue weighted by molar-refractivity contribution is 5.41. The molecule has 1 unspecified atom stereocenters. The van der Waals surface area contributed by atoms with Crippen LogP contribution in [-0.2, 0) is 12.0 Å². The fraction of sp³-hybridized carbons (Fsp3) is 0.538. The summed E-state index contributed by atoms with van der Waals surface area (Å²) in [5.41, 5.74) is 8.47. The molecule has 3 N–H and O–H groups in total. The molecule has 0 saturated heterocycles. The lowest BCUT2D eigenvalue weighted by Crippen LogP contribution is -2.32. The molecule has 1 aliphatic carbocycles. The van der Waals surface area contributed by atoms with Crippen molar-refractivity contribution in [1.29, 1.82) is 0 Å². The molecule has 0 aliphatic heterocycles. The van der Waals surface area contributed by atoms with E-state index in [-0.39, 0.29) is 0 Å². The third kappa shape index (κ3) is 1.68. The minimum absolute atomic E-state index is 0.321. The number of rotatable bonds is 2. The normalized spacial score (nSPS) is 24.6. The fourth-order valence-corrected chi connectivity index (χ4v) is 2.29. The fourth-order valence-electron chi connectivity index (χ4n) is 2.29. The molecule has 15 heavy (non-hydrogen) atoms. The molecule has 0 heterocycles. The molecule has 0 fully saturated rings. The number of fused-ring (bicyclic) bond motifs is 1. The first kappa shape index (κ1) is 10.7. The minimum atomic E-state index is -0.778. The second-order valence-electron chi connectivity index (χ2n) is 4.81. The highest BCUT2D eigenvalue weighted by Crippen LogP contribution is 2.37. The molecule has 1 aromatic carbocycles. The lowest BCUT2D eigenvalue weighted by molar-refractivity contribution is 0.0480. The summed E-state index contributed by atoms with van der Waals surface area (Å²) in [5.74, 6) is 0.498. The predicted octanol–water partition coefficient (Wildman–Crippen LogP) is 1.90. The van der Waals surface area contributed by atoms with Gasteiger partial charge in [-0.15, -0.1) is 0 Å². The largest absolute Gasteiger partial charge is 0.384 e. The number of aliphatic hydroxyl groups is 1. The van der Waals surface area contributed by atoms with Crippen LogP contribution in [0.5, 0.6) is 0 Å². The average molecular weight is 205 g/mol. The van der Waals surface area contributed by atoms with Crippen molar-refractivity contribution in [1.82, 2.24) is 0 Å². The second kappa shape index (κ2) is 3.62. The van der Waals surface area contributed by atoms with E-state index in [2.05, 4.69) is 32.0 Å². The molecule has 0 aromatic heterocycles. The summed E-state index contributed by atoms with van der Waals surface area (Å²) >= 11 is 0. The van der Waals surface area contributed by atoms with Gasteiger partial charge in [-0.3, -0.25) is 0 Å². The van der Waals surface area contributed by atoms with Crippen molar-refractivity contribution in [3.63, 3.8) is 0 Å². The van der Waals surface area contributed by atoms with Crippen molar-refractivity contribution < 1.29 is 5.11 Å². The van der Waals surface area contributed by atoms with Crippen LogP contribution in [0.2, 0.25) is 0 Å². The van der Waals surface area contributed by atoms with Gasteiger partial charge < -0.3 is 10.8 Å². The van der Waals surface area contributed by atoms with Crippen LogP contribution < -0.4 is 5.73 Å². The molecular weight excluding hydrogens is 186 g/mol. The number of hydrogen-bond acceptors (Lipinski definition) is 2. The van der Waals surface area contributed by atoms with E-state index in [9.17, 15) is 5.11 Å². The summed E-state index contributed by atoms with van der Waals surface area (Å²) in [5, 5.41) is 10.3. The van der Waals surface area contributed by atoms with Gasteiger partial charge in [0.15, 0.2) is 0 Å². The first-order valence-corrected chi connectivity index (χ1v) is 5.62.